The van der Waals surface area contributed by atoms with Gasteiger partial charge in [-0.15, -0.1) is 0 Å². The molecule has 126 valence electrons. The van der Waals surface area contributed by atoms with E-state index in [2.05, 4.69) is 0 Å². The van der Waals surface area contributed by atoms with Crippen molar-refractivity contribution >= 4 is 23.5 Å². The van der Waals surface area contributed by atoms with Crippen LogP contribution in [0.2, 0.25) is 5.02 Å². The molecule has 0 bridgehead atoms. The molecule has 5 nitrogen and oxygen atoms in total. The van der Waals surface area contributed by atoms with Crippen LogP contribution in [0.3, 0.4) is 0 Å². The van der Waals surface area contributed by atoms with Gasteiger partial charge in [0.05, 0.1) is 10.9 Å². The summed E-state index contributed by atoms with van der Waals surface area (Å²) in [7, 11) is 0. The molecule has 0 heterocycles. The Morgan fingerprint density at radius 1 is 1.39 bits per heavy atom. The second-order valence-corrected chi connectivity index (χ2v) is 6.56. The van der Waals surface area contributed by atoms with Gasteiger partial charge in [0.1, 0.15) is 5.75 Å². The summed E-state index contributed by atoms with van der Waals surface area (Å²) in [4.78, 5) is 25.3. The van der Waals surface area contributed by atoms with Crippen molar-refractivity contribution in [3.63, 3.8) is 0 Å². The Labute approximate surface area is 141 Å². The van der Waals surface area contributed by atoms with Crippen LogP contribution in [0.15, 0.2) is 18.2 Å². The van der Waals surface area contributed by atoms with Crippen LogP contribution in [0.25, 0.3) is 0 Å². The summed E-state index contributed by atoms with van der Waals surface area (Å²) in [6.45, 7) is 5.39. The maximum atomic E-state index is 12.6. The smallest absolute Gasteiger partial charge is 0.308 e. The molecule has 1 N–H and O–H groups in total. The number of rotatable bonds is 7. The van der Waals surface area contributed by atoms with Gasteiger partial charge in [-0.2, -0.15) is 0 Å². The molecule has 1 amide bonds. The van der Waals surface area contributed by atoms with Gasteiger partial charge < -0.3 is 14.7 Å². The van der Waals surface area contributed by atoms with Gasteiger partial charge in [0.2, 0.25) is 0 Å². The lowest BCUT2D eigenvalue weighted by Crippen LogP contribution is -2.45. The predicted molar refractivity (Wildman–Crippen MR) is 87.8 cm³/mol. The highest BCUT2D eigenvalue weighted by Gasteiger charge is 2.37. The first kappa shape index (κ1) is 17.6. The molecule has 2 atom stereocenters. The number of halogens is 1. The maximum Gasteiger partial charge on any atom is 0.308 e. The number of aryl methyl sites for hydroxylation is 1. The number of aliphatic carboxylic acids is 1. The zero-order valence-corrected chi connectivity index (χ0v) is 14.3. The topological polar surface area (TPSA) is 66.8 Å². The zero-order chi connectivity index (χ0) is 17.1. The summed E-state index contributed by atoms with van der Waals surface area (Å²) >= 11 is 6.10. The fourth-order valence-electron chi connectivity index (χ4n) is 2.35. The minimum atomic E-state index is -0.904. The second-order valence-electron chi connectivity index (χ2n) is 6.16. The van der Waals surface area contributed by atoms with Crippen molar-refractivity contribution in [3.8, 4) is 5.75 Å². The third-order valence-corrected chi connectivity index (χ3v) is 4.21. The Morgan fingerprint density at radius 3 is 2.61 bits per heavy atom. The number of ether oxygens (including phenoxy) is 1. The summed E-state index contributed by atoms with van der Waals surface area (Å²) < 4.78 is 5.72. The molecule has 1 saturated carbocycles. The van der Waals surface area contributed by atoms with E-state index in [4.69, 9.17) is 21.4 Å². The second kappa shape index (κ2) is 7.21. The number of carboxylic acid groups (broad SMARTS) is 1. The number of benzene rings is 1. The molecule has 0 aliphatic heterocycles. The van der Waals surface area contributed by atoms with Crippen molar-refractivity contribution in [1.29, 1.82) is 0 Å². The Balaban J connectivity index is 2.07. The van der Waals surface area contributed by atoms with Gasteiger partial charge in [-0.25, -0.2) is 0 Å². The minimum absolute atomic E-state index is 0.128. The zero-order valence-electron chi connectivity index (χ0n) is 13.6. The monoisotopic (exact) mass is 339 g/mol. The van der Waals surface area contributed by atoms with Gasteiger partial charge in [-0.05, 0) is 44.4 Å². The van der Waals surface area contributed by atoms with Crippen LogP contribution in [0.5, 0.6) is 5.75 Å². The van der Waals surface area contributed by atoms with E-state index in [1.54, 1.807) is 30.9 Å². The van der Waals surface area contributed by atoms with Gasteiger partial charge in [-0.1, -0.05) is 24.6 Å². The average Bonchev–Trinajstić information content (AvgIpc) is 3.32. The van der Waals surface area contributed by atoms with Crippen molar-refractivity contribution < 1.29 is 19.4 Å². The summed E-state index contributed by atoms with van der Waals surface area (Å²) in [5.41, 5.74) is 0.989. The van der Waals surface area contributed by atoms with Gasteiger partial charge >= 0.3 is 5.97 Å². The van der Waals surface area contributed by atoms with E-state index in [0.717, 1.165) is 18.4 Å². The predicted octanol–water partition coefficient (Wildman–Crippen LogP) is 3.13. The minimum Gasteiger partial charge on any atom is -0.481 e. The molecular formula is C17H22ClNO4. The van der Waals surface area contributed by atoms with E-state index in [9.17, 15) is 9.59 Å². The fourth-order valence-corrected chi connectivity index (χ4v) is 2.52. The Kier molecular flexibility index (Phi) is 5.52. The molecule has 6 heteroatoms. The van der Waals surface area contributed by atoms with Crippen molar-refractivity contribution in [1.82, 2.24) is 4.90 Å². The highest BCUT2D eigenvalue weighted by molar-refractivity contribution is 6.32. The van der Waals surface area contributed by atoms with Gasteiger partial charge in [-0.3, -0.25) is 9.59 Å². The van der Waals surface area contributed by atoms with E-state index < -0.39 is 18.0 Å². The first-order valence-electron chi connectivity index (χ1n) is 7.75. The highest BCUT2D eigenvalue weighted by Crippen LogP contribution is 2.30. The van der Waals surface area contributed by atoms with Crippen LogP contribution >= 0.6 is 11.6 Å². The molecule has 1 fully saturated rings. The number of carboxylic acids is 1. The molecule has 1 aliphatic rings. The SMILES string of the molecule is Cc1ccc(Cl)c(OC(C)C(=O)N(CC(C)C(=O)O)C2CC2)c1. The molecule has 1 aliphatic carbocycles. The first-order valence-corrected chi connectivity index (χ1v) is 8.13. The van der Waals surface area contributed by atoms with Gasteiger partial charge in [0.15, 0.2) is 6.10 Å². The van der Waals surface area contributed by atoms with Crippen LogP contribution in [0.1, 0.15) is 32.3 Å². The molecule has 23 heavy (non-hydrogen) atoms. The van der Waals surface area contributed by atoms with E-state index in [1.165, 1.54) is 0 Å². The molecular weight excluding hydrogens is 318 g/mol. The number of hydrogen-bond donors (Lipinski definition) is 1. The molecule has 0 radical (unpaired) electrons. The molecule has 2 rings (SSSR count). The summed E-state index contributed by atoms with van der Waals surface area (Å²) in [5.74, 6) is -1.24. The molecule has 2 unspecified atom stereocenters. The van der Waals surface area contributed by atoms with E-state index in [0.29, 0.717) is 10.8 Å². The summed E-state index contributed by atoms with van der Waals surface area (Å²) in [5, 5.41) is 9.52. The maximum absolute atomic E-state index is 12.6. The lowest BCUT2D eigenvalue weighted by Gasteiger charge is -2.27. The number of carbonyl (C=O) groups is 2. The van der Waals surface area contributed by atoms with Crippen LogP contribution in [-0.2, 0) is 9.59 Å². The molecule has 0 saturated heterocycles. The van der Waals surface area contributed by atoms with Crippen LogP contribution < -0.4 is 4.74 Å². The molecule has 1 aromatic carbocycles. The normalized spacial score (nSPS) is 16.5. The number of nitrogens with zero attached hydrogens (tertiary/aromatic N) is 1. The lowest BCUT2D eigenvalue weighted by molar-refractivity contribution is -0.145. The van der Waals surface area contributed by atoms with Crippen molar-refractivity contribution in [3.05, 3.63) is 28.8 Å². The fraction of sp³-hybridized carbons (Fsp3) is 0.529. The average molecular weight is 340 g/mol. The largest absolute Gasteiger partial charge is 0.481 e. The van der Waals surface area contributed by atoms with Crippen LogP contribution in [0.4, 0.5) is 0 Å². The van der Waals surface area contributed by atoms with Crippen molar-refractivity contribution in [2.75, 3.05) is 6.54 Å². The van der Waals surface area contributed by atoms with Crippen LogP contribution in [0, 0.1) is 12.8 Å². The van der Waals surface area contributed by atoms with Crippen LogP contribution in [-0.4, -0.2) is 40.6 Å². The van der Waals surface area contributed by atoms with E-state index in [1.807, 2.05) is 13.0 Å². The van der Waals surface area contributed by atoms with Crippen molar-refractivity contribution in [2.24, 2.45) is 5.92 Å². The first-order chi connectivity index (χ1) is 10.8. The molecule has 0 aromatic heterocycles. The summed E-state index contributed by atoms with van der Waals surface area (Å²) in [6, 6.07) is 5.51. The Morgan fingerprint density at radius 2 is 2.04 bits per heavy atom. The Bertz CT molecular complexity index is 600. The van der Waals surface area contributed by atoms with E-state index >= 15 is 0 Å². The molecule has 0 spiro atoms. The van der Waals surface area contributed by atoms with Gasteiger partial charge in [0, 0.05) is 12.6 Å². The van der Waals surface area contributed by atoms with E-state index in [-0.39, 0.29) is 18.5 Å². The number of amides is 1. The Hall–Kier alpha value is -1.75. The number of hydrogen-bond acceptors (Lipinski definition) is 3. The van der Waals surface area contributed by atoms with Crippen molar-refractivity contribution in [2.45, 2.75) is 45.8 Å². The standard InChI is InChI=1S/C17H22ClNO4/c1-10-4-7-14(18)15(8-10)23-12(3)16(20)19(13-5-6-13)9-11(2)17(21)22/h4,7-8,11-13H,5-6,9H2,1-3H3,(H,21,22). The summed E-state index contributed by atoms with van der Waals surface area (Å²) in [6.07, 6.45) is 1.11. The third kappa shape index (κ3) is 4.61. The lowest BCUT2D eigenvalue weighted by atomic mass is 10.1. The number of carbonyl (C=O) groups excluding carboxylic acids is 1. The molecule has 1 aromatic rings. The highest BCUT2D eigenvalue weighted by atomic mass is 35.5. The third-order valence-electron chi connectivity index (χ3n) is 3.90. The van der Waals surface area contributed by atoms with Gasteiger partial charge in [0.25, 0.3) is 5.91 Å². The quantitative estimate of drug-likeness (QED) is 0.828.